The Bertz CT molecular complexity index is 638. The summed E-state index contributed by atoms with van der Waals surface area (Å²) in [4.78, 5) is 22.8. The van der Waals surface area contributed by atoms with Crippen LogP contribution < -0.4 is 5.32 Å². The van der Waals surface area contributed by atoms with E-state index in [4.69, 9.17) is 4.74 Å². The average molecular weight is 325 g/mol. The standard InChI is InChI=1S/C20H23NO3/c1-2-3-13-24-20(23)21-19(15-22)14-16-9-11-18(12-10-16)17-7-5-4-6-8-17/h4-12,15,19H,2-3,13-14H2,1H3,(H,21,23)/t19-/m1/s1. The van der Waals surface area contributed by atoms with Crippen molar-refractivity contribution in [2.24, 2.45) is 0 Å². The van der Waals surface area contributed by atoms with Crippen molar-refractivity contribution in [1.82, 2.24) is 5.32 Å². The van der Waals surface area contributed by atoms with E-state index < -0.39 is 12.1 Å². The summed E-state index contributed by atoms with van der Waals surface area (Å²) in [5.41, 5.74) is 3.25. The maximum Gasteiger partial charge on any atom is 0.407 e. The van der Waals surface area contributed by atoms with E-state index in [9.17, 15) is 9.59 Å². The lowest BCUT2D eigenvalue weighted by Gasteiger charge is -2.13. The van der Waals surface area contributed by atoms with Crippen molar-refractivity contribution in [3.8, 4) is 11.1 Å². The molecule has 24 heavy (non-hydrogen) atoms. The van der Waals surface area contributed by atoms with Crippen LogP contribution in [0.4, 0.5) is 4.79 Å². The SMILES string of the molecule is CCCCOC(=O)N[C@@H](C=O)Cc1ccc(-c2ccccc2)cc1. The van der Waals surface area contributed by atoms with E-state index >= 15 is 0 Å². The molecule has 0 saturated carbocycles. The Balaban J connectivity index is 1.91. The summed E-state index contributed by atoms with van der Waals surface area (Å²) in [6, 6.07) is 17.5. The summed E-state index contributed by atoms with van der Waals surface area (Å²) in [6.07, 6.45) is 2.42. The molecule has 0 radical (unpaired) electrons. The van der Waals surface area contributed by atoms with E-state index in [1.165, 1.54) is 0 Å². The van der Waals surface area contributed by atoms with Gasteiger partial charge in [-0.25, -0.2) is 4.79 Å². The summed E-state index contributed by atoms with van der Waals surface area (Å²) in [7, 11) is 0. The number of ether oxygens (including phenoxy) is 1. The van der Waals surface area contributed by atoms with E-state index in [0.717, 1.165) is 35.8 Å². The molecule has 0 aliphatic rings. The highest BCUT2D eigenvalue weighted by Crippen LogP contribution is 2.19. The molecule has 126 valence electrons. The zero-order valence-corrected chi connectivity index (χ0v) is 13.9. The van der Waals surface area contributed by atoms with Gasteiger partial charge < -0.3 is 14.8 Å². The Hall–Kier alpha value is -2.62. The fourth-order valence-electron chi connectivity index (χ4n) is 2.35. The largest absolute Gasteiger partial charge is 0.450 e. The first-order valence-electron chi connectivity index (χ1n) is 8.26. The van der Waals surface area contributed by atoms with Crippen molar-refractivity contribution >= 4 is 12.4 Å². The van der Waals surface area contributed by atoms with Crippen molar-refractivity contribution in [2.45, 2.75) is 32.2 Å². The molecule has 0 saturated heterocycles. The topological polar surface area (TPSA) is 55.4 Å². The van der Waals surface area contributed by atoms with Crippen LogP contribution in [0.1, 0.15) is 25.3 Å². The number of hydrogen-bond donors (Lipinski definition) is 1. The number of nitrogens with one attached hydrogen (secondary N) is 1. The van der Waals surface area contributed by atoms with E-state index in [1.54, 1.807) is 0 Å². The predicted octanol–water partition coefficient (Wildman–Crippen LogP) is 3.99. The fourth-order valence-corrected chi connectivity index (χ4v) is 2.35. The Kier molecular flexibility index (Phi) is 7.02. The van der Waals surface area contributed by atoms with Crippen LogP contribution >= 0.6 is 0 Å². The van der Waals surface area contributed by atoms with E-state index in [1.807, 2.05) is 49.4 Å². The van der Waals surface area contributed by atoms with Crippen molar-refractivity contribution in [2.75, 3.05) is 6.61 Å². The van der Waals surface area contributed by atoms with Gasteiger partial charge in [-0.1, -0.05) is 67.9 Å². The summed E-state index contributed by atoms with van der Waals surface area (Å²) in [5.74, 6) is 0. The van der Waals surface area contributed by atoms with Crippen LogP contribution in [0.25, 0.3) is 11.1 Å². The minimum Gasteiger partial charge on any atom is -0.450 e. The lowest BCUT2D eigenvalue weighted by Crippen LogP contribution is -2.38. The van der Waals surface area contributed by atoms with Gasteiger partial charge in [0.2, 0.25) is 0 Å². The second-order valence-corrected chi connectivity index (χ2v) is 5.64. The molecule has 0 fully saturated rings. The quantitative estimate of drug-likeness (QED) is 0.590. The minimum absolute atomic E-state index is 0.375. The number of carbonyl (C=O) groups is 2. The Morgan fingerprint density at radius 2 is 1.75 bits per heavy atom. The summed E-state index contributed by atoms with van der Waals surface area (Å²) in [5, 5.41) is 2.59. The molecular formula is C20H23NO3. The Morgan fingerprint density at radius 1 is 1.08 bits per heavy atom. The first kappa shape index (κ1) is 17.7. The maximum absolute atomic E-state index is 11.6. The highest BCUT2D eigenvalue weighted by Gasteiger charge is 2.13. The van der Waals surface area contributed by atoms with Gasteiger partial charge in [-0.2, -0.15) is 0 Å². The van der Waals surface area contributed by atoms with Gasteiger partial charge in [-0.3, -0.25) is 0 Å². The number of carbonyl (C=O) groups excluding carboxylic acids is 2. The first-order valence-corrected chi connectivity index (χ1v) is 8.26. The molecule has 2 aromatic rings. The van der Waals surface area contributed by atoms with E-state index in [2.05, 4.69) is 17.4 Å². The number of benzene rings is 2. The number of amides is 1. The number of aldehydes is 1. The third-order valence-electron chi connectivity index (χ3n) is 3.72. The molecule has 0 aliphatic heterocycles. The number of rotatable bonds is 8. The predicted molar refractivity (Wildman–Crippen MR) is 94.8 cm³/mol. The molecule has 0 aliphatic carbocycles. The number of hydrogen-bond acceptors (Lipinski definition) is 3. The first-order chi connectivity index (χ1) is 11.7. The molecule has 1 N–H and O–H groups in total. The van der Waals surface area contributed by atoms with Crippen molar-refractivity contribution in [3.05, 3.63) is 60.2 Å². The van der Waals surface area contributed by atoms with Gasteiger partial charge in [-0.15, -0.1) is 0 Å². The van der Waals surface area contributed by atoms with Crippen LogP contribution in [0.15, 0.2) is 54.6 Å². The summed E-state index contributed by atoms with van der Waals surface area (Å²) in [6.45, 7) is 2.40. The van der Waals surface area contributed by atoms with Crippen molar-refractivity contribution in [3.63, 3.8) is 0 Å². The molecule has 0 unspecified atom stereocenters. The van der Waals surface area contributed by atoms with Gasteiger partial charge in [0.1, 0.15) is 6.29 Å². The minimum atomic E-state index is -0.582. The Morgan fingerprint density at radius 3 is 2.38 bits per heavy atom. The van der Waals surface area contributed by atoms with Crippen LogP contribution in [0.5, 0.6) is 0 Å². The molecule has 2 aromatic carbocycles. The normalized spacial score (nSPS) is 11.5. The fraction of sp³-hybridized carbons (Fsp3) is 0.300. The molecule has 0 aromatic heterocycles. The zero-order valence-electron chi connectivity index (χ0n) is 13.9. The van der Waals surface area contributed by atoms with Crippen LogP contribution in [0.3, 0.4) is 0 Å². The van der Waals surface area contributed by atoms with Crippen LogP contribution in [0.2, 0.25) is 0 Å². The number of unbranched alkanes of at least 4 members (excludes halogenated alkanes) is 1. The second kappa shape index (κ2) is 9.50. The zero-order chi connectivity index (χ0) is 17.2. The lowest BCUT2D eigenvalue weighted by atomic mass is 10.0. The molecule has 1 atom stereocenters. The van der Waals surface area contributed by atoms with E-state index in [-0.39, 0.29) is 0 Å². The average Bonchev–Trinajstić information content (AvgIpc) is 2.62. The highest BCUT2D eigenvalue weighted by atomic mass is 16.5. The van der Waals surface area contributed by atoms with Gasteiger partial charge in [0, 0.05) is 0 Å². The van der Waals surface area contributed by atoms with Gasteiger partial charge in [0.05, 0.1) is 12.6 Å². The molecule has 2 rings (SSSR count). The number of alkyl carbamates (subject to hydrolysis) is 1. The van der Waals surface area contributed by atoms with Gasteiger partial charge in [0.15, 0.2) is 0 Å². The summed E-state index contributed by atoms with van der Waals surface area (Å²) < 4.78 is 5.02. The molecule has 1 amide bonds. The molecule has 0 heterocycles. The molecule has 0 bridgehead atoms. The third-order valence-corrected chi connectivity index (χ3v) is 3.72. The molecule has 0 spiro atoms. The van der Waals surface area contributed by atoms with Gasteiger partial charge in [0.25, 0.3) is 0 Å². The van der Waals surface area contributed by atoms with Crippen molar-refractivity contribution in [1.29, 1.82) is 0 Å². The maximum atomic E-state index is 11.6. The summed E-state index contributed by atoms with van der Waals surface area (Å²) >= 11 is 0. The Labute approximate surface area is 142 Å². The van der Waals surface area contributed by atoms with E-state index in [0.29, 0.717) is 13.0 Å². The molecule has 4 heteroatoms. The third kappa shape index (κ3) is 5.54. The molecule has 4 nitrogen and oxygen atoms in total. The van der Waals surface area contributed by atoms with Crippen molar-refractivity contribution < 1.29 is 14.3 Å². The van der Waals surface area contributed by atoms with Crippen LogP contribution in [-0.2, 0) is 16.0 Å². The lowest BCUT2D eigenvalue weighted by molar-refractivity contribution is -0.109. The monoisotopic (exact) mass is 325 g/mol. The van der Waals surface area contributed by atoms with Crippen LogP contribution in [-0.4, -0.2) is 25.0 Å². The van der Waals surface area contributed by atoms with Crippen LogP contribution in [0, 0.1) is 0 Å². The smallest absolute Gasteiger partial charge is 0.407 e. The van der Waals surface area contributed by atoms with Gasteiger partial charge >= 0.3 is 6.09 Å². The second-order valence-electron chi connectivity index (χ2n) is 5.64. The highest BCUT2D eigenvalue weighted by molar-refractivity contribution is 5.73. The van der Waals surface area contributed by atoms with Gasteiger partial charge in [-0.05, 0) is 29.5 Å². The molecular weight excluding hydrogens is 302 g/mol.